The van der Waals surface area contributed by atoms with Crippen LogP contribution in [0, 0.1) is 5.41 Å². The summed E-state index contributed by atoms with van der Waals surface area (Å²) < 4.78 is 17.3. The van der Waals surface area contributed by atoms with E-state index in [-0.39, 0.29) is 11.2 Å². The third kappa shape index (κ3) is 1.69. The summed E-state index contributed by atoms with van der Waals surface area (Å²) in [7, 11) is 0. The lowest BCUT2D eigenvalue weighted by Crippen LogP contribution is -2.45. The molecule has 2 aliphatic rings. The number of furan rings is 1. The Morgan fingerprint density at radius 2 is 2.17 bits per heavy atom. The van der Waals surface area contributed by atoms with Crippen LogP contribution in [0.3, 0.4) is 0 Å². The number of ether oxygens (including phenoxy) is 2. The number of alkyl halides is 1. The second-order valence-electron chi connectivity index (χ2n) is 5.45. The fourth-order valence-electron chi connectivity index (χ4n) is 3.70. The fraction of sp³-hybridized carbons (Fsp3) is 0.714. The zero-order valence-corrected chi connectivity index (χ0v) is 12.2. The van der Waals surface area contributed by atoms with Crippen LogP contribution in [-0.2, 0) is 9.47 Å². The molecule has 2 fully saturated rings. The average Bonchev–Trinajstić information content (AvgIpc) is 3.04. The molecule has 1 saturated heterocycles. The molecule has 3 nitrogen and oxygen atoms in total. The second kappa shape index (κ2) is 4.66. The summed E-state index contributed by atoms with van der Waals surface area (Å²) in [6, 6.07) is 2.07. The lowest BCUT2D eigenvalue weighted by molar-refractivity contribution is -0.219. The molecule has 1 spiro atoms. The Kier molecular flexibility index (Phi) is 3.28. The normalized spacial score (nSPS) is 34.4. The zero-order valence-electron chi connectivity index (χ0n) is 10.7. The molecular formula is C14H19BrO3. The number of hydrogen-bond donors (Lipinski definition) is 0. The average molecular weight is 315 g/mol. The molecule has 1 aliphatic carbocycles. The topological polar surface area (TPSA) is 31.6 Å². The molecule has 0 N–H and O–H groups in total. The van der Waals surface area contributed by atoms with Gasteiger partial charge >= 0.3 is 0 Å². The van der Waals surface area contributed by atoms with Crippen LogP contribution in [0.15, 0.2) is 23.0 Å². The van der Waals surface area contributed by atoms with E-state index in [1.807, 2.05) is 6.26 Å². The molecule has 1 aromatic heterocycles. The Morgan fingerprint density at radius 3 is 2.78 bits per heavy atom. The standard InChI is InChI=1S/C14H19BrO3/c1-13(5-6-15)12(11-3-7-16-10-11)2-4-14(13)17-8-9-18-14/h3,7,10,12H,2,4-6,8-9H2,1H3/t12-,13-/m1/s1. The molecule has 100 valence electrons. The first-order valence-corrected chi connectivity index (χ1v) is 7.70. The Balaban J connectivity index is 1.96. The Bertz CT molecular complexity index is 397. The van der Waals surface area contributed by atoms with Crippen LogP contribution in [-0.4, -0.2) is 24.3 Å². The van der Waals surface area contributed by atoms with Crippen LogP contribution in [0.5, 0.6) is 0 Å². The third-order valence-electron chi connectivity index (χ3n) is 4.71. The number of rotatable bonds is 3. The Morgan fingerprint density at radius 1 is 1.39 bits per heavy atom. The van der Waals surface area contributed by atoms with Crippen molar-refractivity contribution in [3.05, 3.63) is 24.2 Å². The van der Waals surface area contributed by atoms with Gasteiger partial charge in [-0.25, -0.2) is 0 Å². The van der Waals surface area contributed by atoms with Gasteiger partial charge in [-0.05, 0) is 30.4 Å². The lowest BCUT2D eigenvalue weighted by atomic mass is 9.72. The van der Waals surface area contributed by atoms with E-state index in [4.69, 9.17) is 13.9 Å². The van der Waals surface area contributed by atoms with Crippen molar-refractivity contribution in [2.45, 2.75) is 37.9 Å². The van der Waals surface area contributed by atoms with Crippen molar-refractivity contribution in [3.63, 3.8) is 0 Å². The zero-order chi connectivity index (χ0) is 12.6. The summed E-state index contributed by atoms with van der Waals surface area (Å²) in [5.74, 6) is 0.0646. The first-order valence-electron chi connectivity index (χ1n) is 6.58. The molecule has 1 aromatic rings. The second-order valence-corrected chi connectivity index (χ2v) is 6.25. The molecule has 4 heteroatoms. The molecule has 1 saturated carbocycles. The predicted octanol–water partition coefficient (Wildman–Crippen LogP) is 3.69. The molecule has 0 aromatic carbocycles. The van der Waals surface area contributed by atoms with Crippen molar-refractivity contribution in [1.29, 1.82) is 0 Å². The number of halogens is 1. The molecule has 1 aliphatic heterocycles. The predicted molar refractivity (Wildman–Crippen MR) is 71.8 cm³/mol. The summed E-state index contributed by atoms with van der Waals surface area (Å²) in [5.41, 5.74) is 1.28. The smallest absolute Gasteiger partial charge is 0.174 e. The molecular weight excluding hydrogens is 296 g/mol. The highest BCUT2D eigenvalue weighted by atomic mass is 79.9. The molecule has 3 rings (SSSR count). The highest BCUT2D eigenvalue weighted by molar-refractivity contribution is 9.09. The summed E-state index contributed by atoms with van der Waals surface area (Å²) in [6.45, 7) is 3.73. The Labute approximate surface area is 116 Å². The van der Waals surface area contributed by atoms with E-state index in [1.54, 1.807) is 6.26 Å². The minimum absolute atomic E-state index is 0.0108. The highest BCUT2D eigenvalue weighted by Crippen LogP contribution is 2.60. The molecule has 0 radical (unpaired) electrons. The van der Waals surface area contributed by atoms with E-state index in [9.17, 15) is 0 Å². The van der Waals surface area contributed by atoms with Crippen molar-refractivity contribution < 1.29 is 13.9 Å². The van der Waals surface area contributed by atoms with Gasteiger partial charge in [0.25, 0.3) is 0 Å². The van der Waals surface area contributed by atoms with Crippen LogP contribution in [0.1, 0.15) is 37.7 Å². The van der Waals surface area contributed by atoms with Crippen LogP contribution < -0.4 is 0 Å². The first-order chi connectivity index (χ1) is 8.72. The quantitative estimate of drug-likeness (QED) is 0.797. The first kappa shape index (κ1) is 12.7. The minimum atomic E-state index is -0.386. The SMILES string of the molecule is C[C@@]1(CCBr)[C@@H](c2ccoc2)CCC12OCCO2. The van der Waals surface area contributed by atoms with Gasteiger partial charge in [-0.15, -0.1) is 0 Å². The van der Waals surface area contributed by atoms with Gasteiger partial charge in [-0.2, -0.15) is 0 Å². The molecule has 0 bridgehead atoms. The van der Waals surface area contributed by atoms with Gasteiger partial charge in [0.2, 0.25) is 0 Å². The van der Waals surface area contributed by atoms with Gasteiger partial charge in [0, 0.05) is 17.2 Å². The van der Waals surface area contributed by atoms with E-state index in [1.165, 1.54) is 5.56 Å². The lowest BCUT2D eigenvalue weighted by Gasteiger charge is -2.42. The van der Waals surface area contributed by atoms with Gasteiger partial charge < -0.3 is 13.9 Å². The third-order valence-corrected chi connectivity index (χ3v) is 5.11. The maximum atomic E-state index is 6.02. The summed E-state index contributed by atoms with van der Waals surface area (Å²) in [6.07, 6.45) is 6.74. The van der Waals surface area contributed by atoms with Crippen molar-refractivity contribution in [3.8, 4) is 0 Å². The molecule has 18 heavy (non-hydrogen) atoms. The van der Waals surface area contributed by atoms with Gasteiger partial charge in [-0.1, -0.05) is 22.9 Å². The summed E-state index contributed by atoms with van der Waals surface area (Å²) >= 11 is 3.58. The van der Waals surface area contributed by atoms with Gasteiger partial charge in [0.1, 0.15) is 0 Å². The van der Waals surface area contributed by atoms with Crippen molar-refractivity contribution in [1.82, 2.24) is 0 Å². The molecule has 0 unspecified atom stereocenters. The van der Waals surface area contributed by atoms with Crippen LogP contribution >= 0.6 is 15.9 Å². The van der Waals surface area contributed by atoms with Gasteiger partial charge in [0.15, 0.2) is 5.79 Å². The largest absolute Gasteiger partial charge is 0.472 e. The Hall–Kier alpha value is -0.320. The monoisotopic (exact) mass is 314 g/mol. The van der Waals surface area contributed by atoms with E-state index < -0.39 is 0 Å². The van der Waals surface area contributed by atoms with Crippen LogP contribution in [0.25, 0.3) is 0 Å². The molecule has 0 amide bonds. The van der Waals surface area contributed by atoms with Gasteiger partial charge in [0.05, 0.1) is 25.7 Å². The maximum absolute atomic E-state index is 6.02. The number of hydrogen-bond acceptors (Lipinski definition) is 3. The van der Waals surface area contributed by atoms with Gasteiger partial charge in [-0.3, -0.25) is 0 Å². The van der Waals surface area contributed by atoms with Crippen molar-refractivity contribution in [2.75, 3.05) is 18.5 Å². The van der Waals surface area contributed by atoms with E-state index in [0.717, 1.165) is 37.8 Å². The minimum Gasteiger partial charge on any atom is -0.472 e. The van der Waals surface area contributed by atoms with Crippen LogP contribution in [0.2, 0.25) is 0 Å². The van der Waals surface area contributed by atoms with Crippen LogP contribution in [0.4, 0.5) is 0 Å². The van der Waals surface area contributed by atoms with Crippen molar-refractivity contribution >= 4 is 15.9 Å². The summed E-state index contributed by atoms with van der Waals surface area (Å²) in [4.78, 5) is 0. The fourth-order valence-corrected chi connectivity index (χ4v) is 4.53. The van der Waals surface area contributed by atoms with Crippen molar-refractivity contribution in [2.24, 2.45) is 5.41 Å². The molecule has 2 heterocycles. The van der Waals surface area contributed by atoms with E-state index >= 15 is 0 Å². The maximum Gasteiger partial charge on any atom is 0.174 e. The summed E-state index contributed by atoms with van der Waals surface area (Å²) in [5, 5.41) is 0.965. The van der Waals surface area contributed by atoms with E-state index in [2.05, 4.69) is 28.9 Å². The van der Waals surface area contributed by atoms with E-state index in [0.29, 0.717) is 5.92 Å². The molecule has 2 atom stereocenters. The highest BCUT2D eigenvalue weighted by Gasteiger charge is 2.61.